The standard InChI is InChI=1S/C21H32O2/c1-2-3-4-5-6-7-8-9-10-11-12-13-14-15-19-18-20(19)16-17-21(22)23/h6-7,9-10,12-13,15,20H,2-5,8,11,14,16-18H2,1H3,(H,22,23)/b7-6-,10-9-,13-12-,19-15-. The van der Waals surface area contributed by atoms with Crippen LogP contribution in [-0.4, -0.2) is 11.1 Å². The van der Waals surface area contributed by atoms with Crippen molar-refractivity contribution in [3.63, 3.8) is 0 Å². The van der Waals surface area contributed by atoms with Crippen LogP contribution in [0, 0.1) is 5.92 Å². The minimum atomic E-state index is -0.682. The molecular weight excluding hydrogens is 284 g/mol. The molecule has 2 heteroatoms. The van der Waals surface area contributed by atoms with Crippen LogP contribution in [0.2, 0.25) is 0 Å². The second kappa shape index (κ2) is 12.9. The van der Waals surface area contributed by atoms with E-state index < -0.39 is 5.97 Å². The zero-order chi connectivity index (χ0) is 16.8. The normalized spacial score (nSPS) is 19.5. The molecule has 0 amide bonds. The SMILES string of the molecule is CCCCC/C=C\C/C=C\C/C=C\C/C=C1/CC1CCC(=O)O. The van der Waals surface area contributed by atoms with E-state index >= 15 is 0 Å². The molecule has 0 aromatic heterocycles. The van der Waals surface area contributed by atoms with Crippen molar-refractivity contribution in [3.8, 4) is 0 Å². The zero-order valence-corrected chi connectivity index (χ0v) is 14.5. The highest BCUT2D eigenvalue weighted by Crippen LogP contribution is 2.41. The van der Waals surface area contributed by atoms with Gasteiger partial charge in [0, 0.05) is 6.42 Å². The number of carboxylic acid groups (broad SMARTS) is 1. The Morgan fingerprint density at radius 1 is 1.04 bits per heavy atom. The molecule has 0 heterocycles. The molecule has 0 aromatic rings. The fraction of sp³-hybridized carbons (Fsp3) is 0.571. The lowest BCUT2D eigenvalue weighted by Crippen LogP contribution is -1.94. The van der Waals surface area contributed by atoms with E-state index in [1.54, 1.807) is 0 Å². The van der Waals surface area contributed by atoms with Crippen LogP contribution in [0.25, 0.3) is 0 Å². The Morgan fingerprint density at radius 3 is 2.35 bits per heavy atom. The number of aliphatic carboxylic acids is 1. The van der Waals surface area contributed by atoms with Crippen LogP contribution in [0.1, 0.15) is 71.1 Å². The van der Waals surface area contributed by atoms with Gasteiger partial charge < -0.3 is 5.11 Å². The molecule has 1 N–H and O–H groups in total. The molecule has 0 bridgehead atoms. The lowest BCUT2D eigenvalue weighted by molar-refractivity contribution is -0.137. The molecule has 2 nitrogen and oxygen atoms in total. The monoisotopic (exact) mass is 316 g/mol. The topological polar surface area (TPSA) is 37.3 Å². The third kappa shape index (κ3) is 11.6. The summed E-state index contributed by atoms with van der Waals surface area (Å²) in [4.78, 5) is 10.5. The molecule has 1 atom stereocenters. The van der Waals surface area contributed by atoms with Crippen LogP contribution in [0.3, 0.4) is 0 Å². The number of rotatable bonds is 13. The summed E-state index contributed by atoms with van der Waals surface area (Å²) in [5.74, 6) is -0.137. The Hall–Kier alpha value is -1.57. The Labute approximate surface area is 141 Å². The molecule has 1 unspecified atom stereocenters. The summed E-state index contributed by atoms with van der Waals surface area (Å²) >= 11 is 0. The van der Waals surface area contributed by atoms with Crippen molar-refractivity contribution in [3.05, 3.63) is 48.1 Å². The second-order valence-corrected chi connectivity index (χ2v) is 6.23. The summed E-state index contributed by atoms with van der Waals surface area (Å²) in [6, 6.07) is 0. The smallest absolute Gasteiger partial charge is 0.303 e. The summed E-state index contributed by atoms with van der Waals surface area (Å²) in [6.45, 7) is 2.23. The van der Waals surface area contributed by atoms with E-state index in [1.165, 1.54) is 31.3 Å². The first-order chi connectivity index (χ1) is 11.2. The van der Waals surface area contributed by atoms with Crippen molar-refractivity contribution >= 4 is 5.97 Å². The van der Waals surface area contributed by atoms with Gasteiger partial charge in [0.25, 0.3) is 0 Å². The lowest BCUT2D eigenvalue weighted by Gasteiger charge is -1.90. The molecular formula is C21H32O2. The Bertz CT molecular complexity index is 441. The minimum absolute atomic E-state index is 0.301. The fourth-order valence-corrected chi connectivity index (χ4v) is 2.55. The van der Waals surface area contributed by atoms with Gasteiger partial charge in [-0.25, -0.2) is 0 Å². The first-order valence-corrected chi connectivity index (χ1v) is 9.09. The minimum Gasteiger partial charge on any atom is -0.481 e. The third-order valence-corrected chi connectivity index (χ3v) is 4.09. The summed E-state index contributed by atoms with van der Waals surface area (Å²) in [6.07, 6.45) is 26.0. The lowest BCUT2D eigenvalue weighted by atomic mass is 10.2. The fourth-order valence-electron chi connectivity index (χ4n) is 2.55. The Morgan fingerprint density at radius 2 is 1.70 bits per heavy atom. The van der Waals surface area contributed by atoms with Crippen LogP contribution in [0.15, 0.2) is 48.1 Å². The Kier molecular flexibility index (Phi) is 10.9. The van der Waals surface area contributed by atoms with Gasteiger partial charge in [-0.1, -0.05) is 67.9 Å². The molecule has 0 saturated heterocycles. The molecule has 0 aromatic carbocycles. The highest BCUT2D eigenvalue weighted by atomic mass is 16.4. The number of hydrogen-bond donors (Lipinski definition) is 1. The third-order valence-electron chi connectivity index (χ3n) is 4.09. The molecule has 128 valence electrons. The van der Waals surface area contributed by atoms with E-state index in [-0.39, 0.29) is 0 Å². The predicted molar refractivity (Wildman–Crippen MR) is 98.5 cm³/mol. The molecule has 23 heavy (non-hydrogen) atoms. The molecule has 0 aliphatic heterocycles. The van der Waals surface area contributed by atoms with Crippen LogP contribution in [-0.2, 0) is 4.79 Å². The van der Waals surface area contributed by atoms with E-state index in [4.69, 9.17) is 5.11 Å². The number of unbranched alkanes of at least 4 members (excludes halogenated alkanes) is 3. The van der Waals surface area contributed by atoms with E-state index in [9.17, 15) is 4.79 Å². The highest BCUT2D eigenvalue weighted by Gasteiger charge is 2.28. The van der Waals surface area contributed by atoms with Gasteiger partial charge >= 0.3 is 5.97 Å². The van der Waals surface area contributed by atoms with Gasteiger partial charge in [-0.3, -0.25) is 4.79 Å². The van der Waals surface area contributed by atoms with Gasteiger partial charge in [-0.15, -0.1) is 0 Å². The average Bonchev–Trinajstić information content (AvgIpc) is 3.28. The van der Waals surface area contributed by atoms with E-state index in [0.717, 1.165) is 32.1 Å². The van der Waals surface area contributed by atoms with Gasteiger partial charge in [-0.05, 0) is 50.9 Å². The molecule has 1 saturated carbocycles. The maximum atomic E-state index is 10.5. The maximum Gasteiger partial charge on any atom is 0.303 e. The quantitative estimate of drug-likeness (QED) is 0.323. The van der Waals surface area contributed by atoms with Gasteiger partial charge in [0.05, 0.1) is 0 Å². The van der Waals surface area contributed by atoms with Gasteiger partial charge in [0.2, 0.25) is 0 Å². The van der Waals surface area contributed by atoms with Crippen LogP contribution >= 0.6 is 0 Å². The molecule has 1 aliphatic rings. The van der Waals surface area contributed by atoms with Crippen molar-refractivity contribution in [2.75, 3.05) is 0 Å². The van der Waals surface area contributed by atoms with Crippen molar-refractivity contribution in [2.24, 2.45) is 5.92 Å². The second-order valence-electron chi connectivity index (χ2n) is 6.23. The van der Waals surface area contributed by atoms with Crippen LogP contribution in [0.4, 0.5) is 0 Å². The summed E-state index contributed by atoms with van der Waals surface area (Å²) in [7, 11) is 0. The first-order valence-electron chi connectivity index (χ1n) is 9.09. The number of carboxylic acids is 1. The Balaban J connectivity index is 1.96. The number of hydrogen-bond acceptors (Lipinski definition) is 1. The van der Waals surface area contributed by atoms with Crippen molar-refractivity contribution < 1.29 is 9.90 Å². The van der Waals surface area contributed by atoms with Crippen molar-refractivity contribution in [1.82, 2.24) is 0 Å². The van der Waals surface area contributed by atoms with Crippen molar-refractivity contribution in [1.29, 1.82) is 0 Å². The molecule has 0 spiro atoms. The largest absolute Gasteiger partial charge is 0.481 e. The zero-order valence-electron chi connectivity index (χ0n) is 14.5. The summed E-state index contributed by atoms with van der Waals surface area (Å²) in [5, 5.41) is 8.63. The summed E-state index contributed by atoms with van der Waals surface area (Å²) in [5.41, 5.74) is 1.44. The molecule has 1 aliphatic carbocycles. The molecule has 1 rings (SSSR count). The van der Waals surface area contributed by atoms with E-state index in [1.807, 2.05) is 0 Å². The summed E-state index contributed by atoms with van der Waals surface area (Å²) < 4.78 is 0. The van der Waals surface area contributed by atoms with Crippen LogP contribution in [0.5, 0.6) is 0 Å². The maximum absolute atomic E-state index is 10.5. The highest BCUT2D eigenvalue weighted by molar-refractivity contribution is 5.66. The predicted octanol–water partition coefficient (Wildman–Crippen LogP) is 6.22. The first kappa shape index (κ1) is 19.5. The van der Waals surface area contributed by atoms with Gasteiger partial charge in [-0.2, -0.15) is 0 Å². The van der Waals surface area contributed by atoms with E-state index in [2.05, 4.69) is 49.5 Å². The van der Waals surface area contributed by atoms with Crippen LogP contribution < -0.4 is 0 Å². The van der Waals surface area contributed by atoms with Gasteiger partial charge in [0.15, 0.2) is 0 Å². The number of carbonyl (C=O) groups is 1. The number of allylic oxidation sites excluding steroid dienone is 8. The van der Waals surface area contributed by atoms with Gasteiger partial charge in [0.1, 0.15) is 0 Å². The van der Waals surface area contributed by atoms with E-state index in [0.29, 0.717) is 12.3 Å². The molecule has 0 radical (unpaired) electrons. The average molecular weight is 316 g/mol. The molecule has 1 fully saturated rings. The van der Waals surface area contributed by atoms with Crippen molar-refractivity contribution in [2.45, 2.75) is 71.1 Å².